The molecule has 0 radical (unpaired) electrons. The van der Waals surface area contributed by atoms with Crippen molar-refractivity contribution >= 4 is 50.4 Å². The van der Waals surface area contributed by atoms with Gasteiger partial charge < -0.3 is 0 Å². The Hall–Kier alpha value is -1.76. The second-order valence-electron chi connectivity index (χ2n) is 3.89. The van der Waals surface area contributed by atoms with Gasteiger partial charge in [0.2, 0.25) is 0 Å². The van der Waals surface area contributed by atoms with E-state index >= 15 is 0 Å². The lowest BCUT2D eigenvalue weighted by Crippen LogP contribution is -1.90. The fourth-order valence-corrected chi connectivity index (χ4v) is 2.88. The first-order chi connectivity index (χ1) is 9.54. The van der Waals surface area contributed by atoms with E-state index in [1.807, 2.05) is 0 Å². The topological polar surface area (TPSA) is 68.9 Å². The lowest BCUT2D eigenvalue weighted by atomic mass is 10.2. The van der Waals surface area contributed by atoms with Crippen molar-refractivity contribution in [3.63, 3.8) is 0 Å². The van der Waals surface area contributed by atoms with E-state index in [9.17, 15) is 10.1 Å². The van der Waals surface area contributed by atoms with Crippen LogP contribution in [0, 0.1) is 10.1 Å². The molecule has 0 amide bonds. The summed E-state index contributed by atoms with van der Waals surface area (Å²) in [4.78, 5) is 19.4. The van der Waals surface area contributed by atoms with Crippen molar-refractivity contribution in [3.8, 4) is 10.7 Å². The molecule has 0 saturated carbocycles. The zero-order valence-corrected chi connectivity index (χ0v) is 12.0. The van der Waals surface area contributed by atoms with Crippen molar-refractivity contribution in [2.75, 3.05) is 0 Å². The highest BCUT2D eigenvalue weighted by Crippen LogP contribution is 2.33. The van der Waals surface area contributed by atoms with Crippen LogP contribution < -0.4 is 0 Å². The van der Waals surface area contributed by atoms with Gasteiger partial charge in [-0.15, -0.1) is 0 Å². The fraction of sp³-hybridized carbons (Fsp3) is 0. The summed E-state index contributed by atoms with van der Waals surface area (Å²) in [6.45, 7) is 0. The van der Waals surface area contributed by atoms with Gasteiger partial charge in [0.15, 0.2) is 5.82 Å². The number of nitrogens with zero attached hydrogens (tertiary/aromatic N) is 3. The molecule has 100 valence electrons. The van der Waals surface area contributed by atoms with E-state index < -0.39 is 4.92 Å². The van der Waals surface area contributed by atoms with Crippen LogP contribution in [-0.2, 0) is 0 Å². The first-order valence-corrected chi connectivity index (χ1v) is 6.99. The highest BCUT2D eigenvalue weighted by Gasteiger charge is 2.15. The molecule has 0 aliphatic carbocycles. The quantitative estimate of drug-likeness (QED) is 0.393. The van der Waals surface area contributed by atoms with Gasteiger partial charge in [0, 0.05) is 16.5 Å². The smallest absolute Gasteiger partial charge is 0.258 e. The minimum Gasteiger partial charge on any atom is -0.258 e. The molecule has 0 aliphatic rings. The summed E-state index contributed by atoms with van der Waals surface area (Å²) in [7, 11) is 0. The lowest BCUT2D eigenvalue weighted by Gasteiger charge is -2.03. The van der Waals surface area contributed by atoms with Crippen LogP contribution >= 0.6 is 34.5 Å². The summed E-state index contributed by atoms with van der Waals surface area (Å²) in [6, 6.07) is 8.14. The van der Waals surface area contributed by atoms with Crippen molar-refractivity contribution in [3.05, 3.63) is 50.6 Å². The molecule has 0 saturated heterocycles. The van der Waals surface area contributed by atoms with Gasteiger partial charge in [0.25, 0.3) is 0 Å². The Morgan fingerprint density at radius 2 is 1.95 bits per heavy atom. The molecule has 1 aromatic carbocycles. The summed E-state index contributed by atoms with van der Waals surface area (Å²) >= 11 is 13.0. The standard InChI is InChI=1S/C12H5Cl2N3O2S/c13-6-1-2-8-7(5-6)11(14)16-12(15-8)9-3-4-10(20-9)17(18)19/h1-5H. The SMILES string of the molecule is O=[N+]([O-])c1ccc(-c2nc(Cl)c3cc(Cl)ccc3n2)s1. The maximum Gasteiger partial charge on any atom is 0.324 e. The molecule has 2 aromatic heterocycles. The highest BCUT2D eigenvalue weighted by atomic mass is 35.5. The molecule has 0 unspecified atom stereocenters. The minimum absolute atomic E-state index is 0.0379. The molecule has 20 heavy (non-hydrogen) atoms. The van der Waals surface area contributed by atoms with Crippen molar-refractivity contribution in [2.24, 2.45) is 0 Å². The summed E-state index contributed by atoms with van der Waals surface area (Å²) in [5, 5.41) is 12.2. The van der Waals surface area contributed by atoms with E-state index in [0.717, 1.165) is 11.3 Å². The second-order valence-corrected chi connectivity index (χ2v) is 5.75. The average Bonchev–Trinajstić information content (AvgIpc) is 2.89. The predicted octanol–water partition coefficient (Wildman–Crippen LogP) is 4.57. The number of halogens is 2. The summed E-state index contributed by atoms with van der Waals surface area (Å²) in [6.07, 6.45) is 0. The zero-order chi connectivity index (χ0) is 14.3. The number of benzene rings is 1. The molecule has 0 atom stereocenters. The van der Waals surface area contributed by atoms with Crippen LogP contribution in [-0.4, -0.2) is 14.9 Å². The highest BCUT2D eigenvalue weighted by molar-refractivity contribution is 7.18. The molecular formula is C12H5Cl2N3O2S. The van der Waals surface area contributed by atoms with Crippen molar-refractivity contribution in [1.82, 2.24) is 9.97 Å². The Bertz CT molecular complexity index is 835. The van der Waals surface area contributed by atoms with Crippen molar-refractivity contribution in [1.29, 1.82) is 0 Å². The van der Waals surface area contributed by atoms with Gasteiger partial charge in [-0.2, -0.15) is 0 Å². The Kier molecular flexibility index (Phi) is 3.29. The monoisotopic (exact) mass is 325 g/mol. The van der Waals surface area contributed by atoms with Crippen LogP contribution in [0.5, 0.6) is 0 Å². The molecule has 0 aliphatic heterocycles. The number of aromatic nitrogens is 2. The third kappa shape index (κ3) is 2.33. The Labute approximate surface area is 127 Å². The van der Waals surface area contributed by atoms with Crippen LogP contribution in [0.25, 0.3) is 21.6 Å². The molecule has 2 heterocycles. The third-order valence-electron chi connectivity index (χ3n) is 2.60. The predicted molar refractivity (Wildman–Crippen MR) is 79.5 cm³/mol. The molecule has 3 rings (SSSR count). The van der Waals surface area contributed by atoms with Crippen LogP contribution in [0.4, 0.5) is 5.00 Å². The number of thiophene rings is 1. The molecule has 0 fully saturated rings. The average molecular weight is 326 g/mol. The van der Waals surface area contributed by atoms with Gasteiger partial charge in [0.05, 0.1) is 15.3 Å². The molecule has 0 spiro atoms. The van der Waals surface area contributed by atoms with Crippen LogP contribution in [0.1, 0.15) is 0 Å². The first-order valence-electron chi connectivity index (χ1n) is 5.42. The van der Waals surface area contributed by atoms with E-state index in [-0.39, 0.29) is 10.2 Å². The van der Waals surface area contributed by atoms with Gasteiger partial charge in [-0.05, 0) is 24.3 Å². The number of rotatable bonds is 2. The molecule has 8 heteroatoms. The van der Waals surface area contributed by atoms with Gasteiger partial charge >= 0.3 is 5.00 Å². The summed E-state index contributed by atoms with van der Waals surface area (Å²) in [5.74, 6) is 0.364. The van der Waals surface area contributed by atoms with E-state index in [2.05, 4.69) is 9.97 Å². The Morgan fingerprint density at radius 3 is 2.65 bits per heavy atom. The van der Waals surface area contributed by atoms with Crippen molar-refractivity contribution < 1.29 is 4.92 Å². The van der Waals surface area contributed by atoms with E-state index in [0.29, 0.717) is 26.6 Å². The normalized spacial score (nSPS) is 10.9. The third-order valence-corrected chi connectivity index (χ3v) is 4.16. The van der Waals surface area contributed by atoms with Gasteiger partial charge in [0.1, 0.15) is 5.15 Å². The minimum atomic E-state index is -0.448. The van der Waals surface area contributed by atoms with Crippen LogP contribution in [0.3, 0.4) is 0 Å². The maximum absolute atomic E-state index is 10.7. The largest absolute Gasteiger partial charge is 0.324 e. The van der Waals surface area contributed by atoms with Gasteiger partial charge in [-0.3, -0.25) is 10.1 Å². The van der Waals surface area contributed by atoms with E-state index in [1.54, 1.807) is 24.3 Å². The molecular weight excluding hydrogens is 321 g/mol. The Morgan fingerprint density at radius 1 is 1.15 bits per heavy atom. The van der Waals surface area contributed by atoms with Crippen LogP contribution in [0.2, 0.25) is 10.2 Å². The fourth-order valence-electron chi connectivity index (χ4n) is 1.72. The molecule has 5 nitrogen and oxygen atoms in total. The van der Waals surface area contributed by atoms with E-state index in [4.69, 9.17) is 23.2 Å². The van der Waals surface area contributed by atoms with Gasteiger partial charge in [-0.1, -0.05) is 34.5 Å². The first kappa shape index (κ1) is 13.2. The Balaban J connectivity index is 2.16. The lowest BCUT2D eigenvalue weighted by molar-refractivity contribution is -0.380. The molecule has 0 N–H and O–H groups in total. The summed E-state index contributed by atoms with van der Waals surface area (Å²) < 4.78 is 0. The maximum atomic E-state index is 10.7. The van der Waals surface area contributed by atoms with Gasteiger partial charge in [-0.25, -0.2) is 9.97 Å². The van der Waals surface area contributed by atoms with E-state index in [1.165, 1.54) is 6.07 Å². The van der Waals surface area contributed by atoms with Crippen molar-refractivity contribution in [2.45, 2.75) is 0 Å². The summed E-state index contributed by atoms with van der Waals surface area (Å²) in [5.41, 5.74) is 0.639. The number of nitro groups is 1. The number of fused-ring (bicyclic) bond motifs is 1. The zero-order valence-electron chi connectivity index (χ0n) is 9.71. The number of hydrogen-bond acceptors (Lipinski definition) is 5. The molecule has 3 aromatic rings. The second kappa shape index (κ2) is 4.97. The number of hydrogen-bond donors (Lipinski definition) is 0. The van der Waals surface area contributed by atoms with Crippen LogP contribution in [0.15, 0.2) is 30.3 Å². The molecule has 0 bridgehead atoms.